The lowest BCUT2D eigenvalue weighted by Crippen LogP contribution is -1.98. The first-order chi connectivity index (χ1) is 9.55. The maximum Gasteiger partial charge on any atom is 0.151 e. The van der Waals surface area contributed by atoms with Gasteiger partial charge in [-0.2, -0.15) is 5.26 Å². The number of nitrogens with one attached hydrogen (secondary N) is 1. The van der Waals surface area contributed by atoms with Gasteiger partial charge in [-0.05, 0) is 18.2 Å². The number of benzene rings is 1. The molecule has 102 valence electrons. The van der Waals surface area contributed by atoms with Crippen molar-refractivity contribution in [2.75, 3.05) is 12.4 Å². The van der Waals surface area contributed by atoms with Gasteiger partial charge in [-0.15, -0.1) is 0 Å². The van der Waals surface area contributed by atoms with Crippen molar-refractivity contribution < 1.29 is 4.74 Å². The minimum Gasteiger partial charge on any atom is -0.495 e. The molecule has 0 atom stereocenters. The summed E-state index contributed by atoms with van der Waals surface area (Å²) >= 11 is 17.7. The molecule has 0 aliphatic rings. The number of nitrogens with zero attached hydrogens (tertiary/aromatic N) is 2. The summed E-state index contributed by atoms with van der Waals surface area (Å²) in [7, 11) is 1.51. The molecule has 2 rings (SSSR count). The van der Waals surface area contributed by atoms with Crippen LogP contribution in [0.15, 0.2) is 24.3 Å². The zero-order valence-corrected chi connectivity index (χ0v) is 12.5. The lowest BCUT2D eigenvalue weighted by molar-refractivity contribution is 0.416. The Hall–Kier alpha value is -1.67. The number of halogens is 3. The fourth-order valence-corrected chi connectivity index (χ4v) is 2.07. The number of anilines is 2. The summed E-state index contributed by atoms with van der Waals surface area (Å²) in [5.74, 6) is 0.845. The first kappa shape index (κ1) is 14.7. The molecule has 0 amide bonds. The smallest absolute Gasteiger partial charge is 0.151 e. The van der Waals surface area contributed by atoms with Gasteiger partial charge < -0.3 is 10.1 Å². The Morgan fingerprint density at radius 3 is 2.60 bits per heavy atom. The third kappa shape index (κ3) is 3.07. The Bertz CT molecular complexity index is 698. The summed E-state index contributed by atoms with van der Waals surface area (Å²) in [6.07, 6.45) is 0. The summed E-state index contributed by atoms with van der Waals surface area (Å²) in [5, 5.41) is 12.6. The molecule has 2 aromatic rings. The molecule has 0 fully saturated rings. The van der Waals surface area contributed by atoms with E-state index in [1.807, 2.05) is 6.07 Å². The first-order valence-corrected chi connectivity index (χ1v) is 6.55. The minimum absolute atomic E-state index is 0.145. The molecule has 20 heavy (non-hydrogen) atoms. The summed E-state index contributed by atoms with van der Waals surface area (Å²) in [6.45, 7) is 0. The lowest BCUT2D eigenvalue weighted by Gasteiger charge is -2.12. The molecule has 0 spiro atoms. The Balaban J connectivity index is 2.40. The summed E-state index contributed by atoms with van der Waals surface area (Å²) in [4.78, 5) is 4.06. The van der Waals surface area contributed by atoms with Crippen molar-refractivity contribution in [1.82, 2.24) is 4.98 Å². The van der Waals surface area contributed by atoms with Gasteiger partial charge in [-0.3, -0.25) is 0 Å². The average molecular weight is 329 g/mol. The van der Waals surface area contributed by atoms with E-state index in [1.165, 1.54) is 13.2 Å². The van der Waals surface area contributed by atoms with Crippen molar-refractivity contribution in [3.05, 3.63) is 45.0 Å². The van der Waals surface area contributed by atoms with Crippen LogP contribution in [0, 0.1) is 11.3 Å². The molecule has 1 aromatic heterocycles. The molecular formula is C13H8Cl3N3O. The van der Waals surface area contributed by atoms with Crippen LogP contribution in [0.25, 0.3) is 0 Å². The van der Waals surface area contributed by atoms with E-state index in [9.17, 15) is 0 Å². The fraction of sp³-hybridized carbons (Fsp3) is 0.0769. The second-order valence-corrected chi connectivity index (χ2v) is 4.92. The highest BCUT2D eigenvalue weighted by atomic mass is 35.5. The van der Waals surface area contributed by atoms with Gasteiger partial charge in [0.25, 0.3) is 0 Å². The van der Waals surface area contributed by atoms with E-state index in [2.05, 4.69) is 10.3 Å². The van der Waals surface area contributed by atoms with Crippen molar-refractivity contribution in [2.24, 2.45) is 0 Å². The van der Waals surface area contributed by atoms with Gasteiger partial charge in [-0.1, -0.05) is 34.8 Å². The predicted molar refractivity (Wildman–Crippen MR) is 80.3 cm³/mol. The number of hydrogen-bond donors (Lipinski definition) is 1. The Morgan fingerprint density at radius 1 is 1.20 bits per heavy atom. The van der Waals surface area contributed by atoms with Crippen molar-refractivity contribution in [3.8, 4) is 11.8 Å². The Morgan fingerprint density at radius 2 is 1.95 bits per heavy atom. The van der Waals surface area contributed by atoms with E-state index in [1.54, 1.807) is 18.2 Å². The highest BCUT2D eigenvalue weighted by Gasteiger charge is 2.11. The number of hydrogen-bond acceptors (Lipinski definition) is 4. The van der Waals surface area contributed by atoms with Crippen LogP contribution in [-0.2, 0) is 0 Å². The molecule has 4 nitrogen and oxygen atoms in total. The van der Waals surface area contributed by atoms with Gasteiger partial charge in [0.1, 0.15) is 10.9 Å². The molecule has 7 heteroatoms. The van der Waals surface area contributed by atoms with E-state index in [4.69, 9.17) is 44.8 Å². The SMILES string of the molecule is COc1cc(C#N)ccc1Nc1nc(Cl)c(Cl)cc1Cl. The van der Waals surface area contributed by atoms with Crippen molar-refractivity contribution in [3.63, 3.8) is 0 Å². The molecule has 0 saturated carbocycles. The van der Waals surface area contributed by atoms with Crippen molar-refractivity contribution in [2.45, 2.75) is 0 Å². The van der Waals surface area contributed by atoms with Gasteiger partial charge in [-0.25, -0.2) is 4.98 Å². The van der Waals surface area contributed by atoms with Crippen LogP contribution in [0.5, 0.6) is 5.75 Å². The highest BCUT2D eigenvalue weighted by Crippen LogP contribution is 2.33. The van der Waals surface area contributed by atoms with Gasteiger partial charge in [0.05, 0.1) is 34.5 Å². The van der Waals surface area contributed by atoms with E-state index < -0.39 is 0 Å². The van der Waals surface area contributed by atoms with Crippen LogP contribution >= 0.6 is 34.8 Å². The van der Waals surface area contributed by atoms with E-state index >= 15 is 0 Å². The highest BCUT2D eigenvalue weighted by molar-refractivity contribution is 6.43. The summed E-state index contributed by atoms with van der Waals surface area (Å²) < 4.78 is 5.21. The maximum absolute atomic E-state index is 8.86. The zero-order chi connectivity index (χ0) is 14.7. The molecule has 0 aliphatic carbocycles. The van der Waals surface area contributed by atoms with Crippen LogP contribution < -0.4 is 10.1 Å². The number of nitriles is 1. The minimum atomic E-state index is 0.145. The first-order valence-electron chi connectivity index (χ1n) is 5.42. The second-order valence-electron chi connectivity index (χ2n) is 3.74. The standard InChI is InChI=1S/C13H8Cl3N3O/c1-20-11-4-7(6-17)2-3-10(11)18-13-9(15)5-8(14)12(16)19-13/h2-5H,1H3,(H,18,19). The van der Waals surface area contributed by atoms with Gasteiger partial charge in [0, 0.05) is 6.07 Å². The molecule has 0 bridgehead atoms. The fourth-order valence-electron chi connectivity index (χ4n) is 1.52. The second kappa shape index (κ2) is 6.19. The molecule has 0 aliphatic heterocycles. The van der Waals surface area contributed by atoms with Gasteiger partial charge in [0.2, 0.25) is 0 Å². The number of pyridine rings is 1. The molecule has 0 saturated heterocycles. The largest absolute Gasteiger partial charge is 0.495 e. The van der Waals surface area contributed by atoms with Crippen LogP contribution in [0.2, 0.25) is 15.2 Å². The number of aromatic nitrogens is 1. The van der Waals surface area contributed by atoms with Crippen molar-refractivity contribution in [1.29, 1.82) is 5.26 Å². The van der Waals surface area contributed by atoms with Crippen LogP contribution in [0.4, 0.5) is 11.5 Å². The third-order valence-corrected chi connectivity index (χ3v) is 3.43. The average Bonchev–Trinajstić information content (AvgIpc) is 2.45. The van der Waals surface area contributed by atoms with Crippen LogP contribution in [0.3, 0.4) is 0 Å². The number of ether oxygens (including phenoxy) is 1. The summed E-state index contributed by atoms with van der Waals surface area (Å²) in [6, 6.07) is 8.48. The Kier molecular flexibility index (Phi) is 4.56. The number of rotatable bonds is 3. The monoisotopic (exact) mass is 327 g/mol. The molecule has 1 heterocycles. The number of methoxy groups -OCH3 is 1. The molecule has 0 unspecified atom stereocenters. The molecular weight excluding hydrogens is 321 g/mol. The topological polar surface area (TPSA) is 57.9 Å². The van der Waals surface area contributed by atoms with E-state index in [0.29, 0.717) is 27.8 Å². The molecule has 1 aromatic carbocycles. The van der Waals surface area contributed by atoms with Crippen molar-refractivity contribution >= 4 is 46.3 Å². The van der Waals surface area contributed by atoms with Crippen LogP contribution in [-0.4, -0.2) is 12.1 Å². The predicted octanol–water partition coefficient (Wildman–Crippen LogP) is 4.67. The Labute approximate surface area is 130 Å². The van der Waals surface area contributed by atoms with Crippen LogP contribution in [0.1, 0.15) is 5.56 Å². The zero-order valence-electron chi connectivity index (χ0n) is 10.2. The lowest BCUT2D eigenvalue weighted by atomic mass is 10.2. The molecule has 0 radical (unpaired) electrons. The maximum atomic E-state index is 8.86. The van der Waals surface area contributed by atoms with Gasteiger partial charge in [0.15, 0.2) is 5.82 Å². The summed E-state index contributed by atoms with van der Waals surface area (Å²) in [5.41, 5.74) is 1.10. The van der Waals surface area contributed by atoms with E-state index in [0.717, 1.165) is 0 Å². The van der Waals surface area contributed by atoms with Gasteiger partial charge >= 0.3 is 0 Å². The molecule has 1 N–H and O–H groups in total. The normalized spacial score (nSPS) is 9.95. The quantitative estimate of drug-likeness (QED) is 0.832. The van der Waals surface area contributed by atoms with E-state index in [-0.39, 0.29) is 10.2 Å². The third-order valence-electron chi connectivity index (χ3n) is 2.47.